The number of allylic oxidation sites excluding steroid dienone is 1. The molecule has 3 aromatic heterocycles. The lowest BCUT2D eigenvalue weighted by atomic mass is 9.66. The van der Waals surface area contributed by atoms with Gasteiger partial charge in [-0.25, -0.2) is 23.7 Å². The number of hydrogen-bond donors (Lipinski definition) is 3. The van der Waals surface area contributed by atoms with E-state index >= 15 is 0 Å². The summed E-state index contributed by atoms with van der Waals surface area (Å²) < 4.78 is 28.1. The van der Waals surface area contributed by atoms with Crippen LogP contribution >= 0.6 is 0 Å². The number of aromatic amines is 1. The van der Waals surface area contributed by atoms with Gasteiger partial charge in [-0.3, -0.25) is 4.79 Å². The monoisotopic (exact) mass is 397 g/mol. The zero-order valence-corrected chi connectivity index (χ0v) is 15.1. The zero-order chi connectivity index (χ0) is 20.1. The van der Waals surface area contributed by atoms with Crippen LogP contribution in [0.2, 0.25) is 0 Å². The second-order valence-electron chi connectivity index (χ2n) is 7.47. The normalized spacial score (nSPS) is 25.4. The van der Waals surface area contributed by atoms with Crippen LogP contribution in [0.15, 0.2) is 36.8 Å². The molecule has 3 aliphatic rings. The van der Waals surface area contributed by atoms with Crippen molar-refractivity contribution >= 4 is 22.8 Å². The van der Waals surface area contributed by atoms with Crippen molar-refractivity contribution in [3.8, 4) is 11.4 Å². The number of nitrogens with zero attached hydrogens (tertiary/aromatic N) is 3. The molecule has 0 radical (unpaired) electrons. The van der Waals surface area contributed by atoms with E-state index in [-0.39, 0.29) is 23.5 Å². The van der Waals surface area contributed by atoms with Crippen LogP contribution in [0.25, 0.3) is 22.4 Å². The summed E-state index contributed by atoms with van der Waals surface area (Å²) in [7, 11) is 0. The maximum atomic E-state index is 14.5. The number of halogens is 2. The van der Waals surface area contributed by atoms with Gasteiger partial charge in [-0.05, 0) is 30.7 Å². The van der Waals surface area contributed by atoms with E-state index in [9.17, 15) is 18.7 Å². The second kappa shape index (κ2) is 6.61. The molecule has 3 aliphatic carbocycles. The Kier molecular flexibility index (Phi) is 4.04. The van der Waals surface area contributed by atoms with Crippen molar-refractivity contribution in [2.24, 2.45) is 17.8 Å². The molecule has 1 saturated carbocycles. The zero-order valence-electron chi connectivity index (χ0n) is 15.1. The molecule has 3 heterocycles. The highest BCUT2D eigenvalue weighted by atomic mass is 19.1. The van der Waals surface area contributed by atoms with E-state index in [4.69, 9.17) is 0 Å². The van der Waals surface area contributed by atoms with Crippen molar-refractivity contribution in [3.05, 3.63) is 48.4 Å². The van der Waals surface area contributed by atoms with Gasteiger partial charge in [0.15, 0.2) is 17.5 Å². The first-order chi connectivity index (χ1) is 14.0. The maximum absolute atomic E-state index is 14.5. The van der Waals surface area contributed by atoms with Crippen LogP contribution in [-0.4, -0.2) is 37.1 Å². The smallest absolute Gasteiger partial charge is 0.309 e. The lowest BCUT2D eigenvalue weighted by Gasteiger charge is -2.43. The van der Waals surface area contributed by atoms with Crippen molar-refractivity contribution in [1.82, 2.24) is 19.9 Å². The van der Waals surface area contributed by atoms with Crippen molar-refractivity contribution in [3.63, 3.8) is 0 Å². The van der Waals surface area contributed by atoms with Crippen molar-refractivity contribution in [1.29, 1.82) is 0 Å². The number of carboxylic acids is 1. The Bertz CT molecular complexity index is 1150. The number of fused-ring (bicyclic) bond motifs is 3. The van der Waals surface area contributed by atoms with E-state index in [1.165, 1.54) is 6.07 Å². The van der Waals surface area contributed by atoms with Gasteiger partial charge in [0.25, 0.3) is 0 Å². The molecule has 7 nitrogen and oxygen atoms in total. The van der Waals surface area contributed by atoms with Crippen LogP contribution < -0.4 is 5.32 Å². The first kappa shape index (κ1) is 17.7. The molecule has 0 aromatic carbocycles. The Hall–Kier alpha value is -3.36. The predicted molar refractivity (Wildman–Crippen MR) is 101 cm³/mol. The summed E-state index contributed by atoms with van der Waals surface area (Å²) >= 11 is 0. The fourth-order valence-corrected chi connectivity index (χ4v) is 4.45. The Morgan fingerprint density at radius 2 is 1.97 bits per heavy atom. The van der Waals surface area contributed by atoms with Gasteiger partial charge in [0.05, 0.1) is 18.3 Å². The molecule has 0 spiro atoms. The molecular formula is C20H17F2N5O2. The fraction of sp³-hybridized carbons (Fsp3) is 0.300. The molecule has 0 aliphatic heterocycles. The number of H-pyrrole nitrogens is 1. The minimum atomic E-state index is -0.908. The number of carbonyl (C=O) groups is 1. The minimum absolute atomic E-state index is 0.00898. The SMILES string of the molecule is O=C(O)[C@H]1C2C=CC(CC2)[C@@H]1Nc1nc(-c2c[nH]c3ncc(F)cc23)ncc1F. The van der Waals surface area contributed by atoms with Gasteiger partial charge in [0.2, 0.25) is 0 Å². The molecule has 1 fully saturated rings. The maximum Gasteiger partial charge on any atom is 0.309 e. The summed E-state index contributed by atoms with van der Waals surface area (Å²) in [4.78, 5) is 27.0. The quantitative estimate of drug-likeness (QED) is 0.583. The highest BCUT2D eigenvalue weighted by molar-refractivity contribution is 5.91. The summed E-state index contributed by atoms with van der Waals surface area (Å²) in [6.07, 6.45) is 9.30. The molecule has 2 bridgehead atoms. The number of hydrogen-bond acceptors (Lipinski definition) is 5. The van der Waals surface area contributed by atoms with Crippen molar-refractivity contribution in [2.45, 2.75) is 18.9 Å². The molecule has 0 amide bonds. The second-order valence-corrected chi connectivity index (χ2v) is 7.47. The lowest BCUT2D eigenvalue weighted by molar-refractivity contribution is -0.145. The Morgan fingerprint density at radius 3 is 2.72 bits per heavy atom. The number of anilines is 1. The number of nitrogens with one attached hydrogen (secondary N) is 2. The number of rotatable bonds is 4. The van der Waals surface area contributed by atoms with E-state index in [2.05, 4.69) is 25.3 Å². The number of carboxylic acid groups (broad SMARTS) is 1. The van der Waals surface area contributed by atoms with Crippen LogP contribution in [0.4, 0.5) is 14.6 Å². The van der Waals surface area contributed by atoms with E-state index < -0.39 is 29.6 Å². The molecule has 148 valence electrons. The van der Waals surface area contributed by atoms with Crippen molar-refractivity contribution < 1.29 is 18.7 Å². The first-order valence-electron chi connectivity index (χ1n) is 9.34. The highest BCUT2D eigenvalue weighted by Crippen LogP contribution is 2.42. The molecule has 29 heavy (non-hydrogen) atoms. The van der Waals surface area contributed by atoms with Gasteiger partial charge < -0.3 is 15.4 Å². The highest BCUT2D eigenvalue weighted by Gasteiger charge is 2.45. The largest absolute Gasteiger partial charge is 0.481 e. The molecule has 4 atom stereocenters. The van der Waals surface area contributed by atoms with Crippen LogP contribution in [0, 0.1) is 29.4 Å². The van der Waals surface area contributed by atoms with Gasteiger partial charge >= 0.3 is 5.97 Å². The third-order valence-corrected chi connectivity index (χ3v) is 5.82. The summed E-state index contributed by atoms with van der Waals surface area (Å²) in [5.41, 5.74) is 0.944. The molecule has 0 saturated heterocycles. The van der Waals surface area contributed by atoms with Gasteiger partial charge in [-0.1, -0.05) is 12.2 Å². The van der Waals surface area contributed by atoms with Gasteiger partial charge in [0.1, 0.15) is 11.5 Å². The first-order valence-corrected chi connectivity index (χ1v) is 9.34. The molecule has 3 aromatic rings. The van der Waals surface area contributed by atoms with Crippen LogP contribution in [0.3, 0.4) is 0 Å². The van der Waals surface area contributed by atoms with Crippen LogP contribution in [0.5, 0.6) is 0 Å². The van der Waals surface area contributed by atoms with E-state index in [0.717, 1.165) is 25.2 Å². The molecule has 9 heteroatoms. The summed E-state index contributed by atoms with van der Waals surface area (Å²) in [5.74, 6) is -2.70. The van der Waals surface area contributed by atoms with Crippen LogP contribution in [0.1, 0.15) is 12.8 Å². The fourth-order valence-electron chi connectivity index (χ4n) is 4.45. The molecular weight excluding hydrogens is 380 g/mol. The average molecular weight is 397 g/mol. The third kappa shape index (κ3) is 2.93. The molecule has 6 rings (SSSR count). The average Bonchev–Trinajstić information content (AvgIpc) is 3.13. The van der Waals surface area contributed by atoms with Gasteiger partial charge in [-0.2, -0.15) is 0 Å². The third-order valence-electron chi connectivity index (χ3n) is 5.82. The molecule has 3 N–H and O–H groups in total. The van der Waals surface area contributed by atoms with Crippen molar-refractivity contribution in [2.75, 3.05) is 5.32 Å². The van der Waals surface area contributed by atoms with E-state index in [1.807, 2.05) is 12.2 Å². The number of aliphatic carboxylic acids is 1. The lowest BCUT2D eigenvalue weighted by Crippen LogP contribution is -2.49. The topological polar surface area (TPSA) is 104 Å². The summed E-state index contributed by atoms with van der Waals surface area (Å²) in [6, 6.07) is 0.842. The molecule has 2 unspecified atom stereocenters. The van der Waals surface area contributed by atoms with Crippen LogP contribution in [-0.2, 0) is 4.79 Å². The van der Waals surface area contributed by atoms with E-state index in [0.29, 0.717) is 16.6 Å². The van der Waals surface area contributed by atoms with E-state index in [1.54, 1.807) is 6.20 Å². The predicted octanol–water partition coefficient (Wildman–Crippen LogP) is 3.38. The summed E-state index contributed by atoms with van der Waals surface area (Å²) in [6.45, 7) is 0. The minimum Gasteiger partial charge on any atom is -0.481 e. The Morgan fingerprint density at radius 1 is 1.17 bits per heavy atom. The van der Waals surface area contributed by atoms with Gasteiger partial charge in [-0.15, -0.1) is 0 Å². The standard InChI is InChI=1S/C20H17F2N5O2/c21-11-5-12-13(7-24-17(12)23-6-11)18-25-8-14(22)19(27-18)26-16-10-3-1-9(2-4-10)15(16)20(28)29/h1,3,5-10,15-16H,2,4H2,(H,23,24)(H,28,29)(H,25,26,27)/t9?,10?,15-,16-/m0/s1. The number of pyridine rings is 1. The Balaban J connectivity index is 1.52. The summed E-state index contributed by atoms with van der Waals surface area (Å²) in [5, 5.41) is 13.2. The van der Waals surface area contributed by atoms with Gasteiger partial charge in [0, 0.05) is 23.2 Å². The Labute approximate surface area is 163 Å². The number of aromatic nitrogens is 4.